The van der Waals surface area contributed by atoms with Crippen LogP contribution in [0.1, 0.15) is 41.5 Å². The molecule has 0 saturated carbocycles. The van der Waals surface area contributed by atoms with Crippen molar-refractivity contribution in [2.24, 2.45) is 5.41 Å². The second kappa shape index (κ2) is 11.2. The zero-order valence-corrected chi connectivity index (χ0v) is 25.9. The second-order valence-corrected chi connectivity index (χ2v) is 19.1. The highest BCUT2D eigenvalue weighted by atomic mass is 80.0. The van der Waals surface area contributed by atoms with E-state index >= 15 is 0 Å². The summed E-state index contributed by atoms with van der Waals surface area (Å²) in [7, 11) is 5.60. The van der Waals surface area contributed by atoms with E-state index in [-0.39, 0.29) is 13.1 Å². The summed E-state index contributed by atoms with van der Waals surface area (Å²) >= 11 is 15.2. The SMILES string of the molecule is [B]C(Br)(Br)C(=O)NC(C)(C)C(=O)NCC(C)(C)CNC(=O)C(C)(C)NC(=O)C(Br)(Br)Br. The normalized spacial score (nSPS) is 13.3. The molecule has 0 atom stereocenters. The predicted octanol–water partition coefficient (Wildman–Crippen LogP) is 2.49. The summed E-state index contributed by atoms with van der Waals surface area (Å²) in [6, 6.07) is 0. The van der Waals surface area contributed by atoms with Crippen molar-refractivity contribution >= 4 is 111 Å². The largest absolute Gasteiger partial charge is 0.353 e. The summed E-state index contributed by atoms with van der Waals surface area (Å²) in [5.74, 6) is -1.89. The molecule has 0 saturated heterocycles. The number of halogens is 5. The fourth-order valence-electron chi connectivity index (χ4n) is 1.98. The van der Waals surface area contributed by atoms with E-state index in [1.54, 1.807) is 27.7 Å². The van der Waals surface area contributed by atoms with E-state index in [1.165, 1.54) is 0 Å². The maximum atomic E-state index is 12.6. The van der Waals surface area contributed by atoms with Crippen molar-refractivity contribution in [1.82, 2.24) is 21.3 Å². The molecule has 2 radical (unpaired) electrons. The van der Waals surface area contributed by atoms with E-state index in [2.05, 4.69) is 101 Å². The quantitative estimate of drug-likeness (QED) is 0.214. The van der Waals surface area contributed by atoms with E-state index < -0.39 is 45.4 Å². The van der Waals surface area contributed by atoms with Gasteiger partial charge in [-0.15, -0.1) is 0 Å². The van der Waals surface area contributed by atoms with Gasteiger partial charge in [0.25, 0.3) is 5.91 Å². The number of carbonyl (C=O) groups is 4. The van der Waals surface area contributed by atoms with Gasteiger partial charge in [0.2, 0.25) is 19.9 Å². The molecule has 0 heterocycles. The van der Waals surface area contributed by atoms with Gasteiger partial charge in [-0.3, -0.25) is 19.2 Å². The highest BCUT2D eigenvalue weighted by molar-refractivity contribution is 9.40. The molecule has 0 bridgehead atoms. The molecule has 0 aliphatic heterocycles. The lowest BCUT2D eigenvalue weighted by molar-refractivity contribution is -0.132. The molecule has 4 amide bonds. The molecule has 0 aromatic carbocycles. The lowest BCUT2D eigenvalue weighted by Crippen LogP contribution is -2.60. The van der Waals surface area contributed by atoms with Gasteiger partial charge in [0.15, 0.2) is 0 Å². The Hall–Kier alpha value is 0.345. The van der Waals surface area contributed by atoms with Crippen molar-refractivity contribution in [1.29, 1.82) is 0 Å². The number of rotatable bonds is 9. The molecule has 0 spiro atoms. The van der Waals surface area contributed by atoms with E-state index in [0.717, 1.165) is 0 Å². The zero-order chi connectivity index (χ0) is 25.1. The van der Waals surface area contributed by atoms with Gasteiger partial charge >= 0.3 is 0 Å². The first-order chi connectivity index (χ1) is 13.5. The summed E-state index contributed by atoms with van der Waals surface area (Å²) in [6.45, 7) is 10.4. The van der Waals surface area contributed by atoms with Crippen molar-refractivity contribution < 1.29 is 19.2 Å². The van der Waals surface area contributed by atoms with Crippen LogP contribution in [-0.4, -0.2) is 60.9 Å². The lowest BCUT2D eigenvalue weighted by atomic mass is 9.92. The van der Waals surface area contributed by atoms with Gasteiger partial charge in [0.1, 0.15) is 22.1 Å². The number of nitrogens with one attached hydrogen (secondary N) is 4. The average molecular weight is 761 g/mol. The first-order valence-corrected chi connectivity index (χ1v) is 12.9. The molecule has 0 unspecified atom stereocenters. The molecule has 8 nitrogen and oxygen atoms in total. The predicted molar refractivity (Wildman–Crippen MR) is 140 cm³/mol. The Kier molecular flexibility index (Phi) is 11.3. The van der Waals surface area contributed by atoms with Crippen LogP contribution >= 0.6 is 79.6 Å². The van der Waals surface area contributed by atoms with Crippen LogP contribution in [0.2, 0.25) is 0 Å². The van der Waals surface area contributed by atoms with Gasteiger partial charge in [-0.25, -0.2) is 0 Å². The van der Waals surface area contributed by atoms with Crippen LogP contribution in [-0.2, 0) is 19.2 Å². The maximum absolute atomic E-state index is 12.6. The minimum atomic E-state index is -1.48. The van der Waals surface area contributed by atoms with Gasteiger partial charge in [0, 0.05) is 13.1 Å². The third kappa shape index (κ3) is 11.4. The first-order valence-electron chi connectivity index (χ1n) is 8.96. The monoisotopic (exact) mass is 756 g/mol. The number of hydrogen-bond donors (Lipinski definition) is 4. The molecule has 176 valence electrons. The minimum absolute atomic E-state index is 0.224. The van der Waals surface area contributed by atoms with Crippen molar-refractivity contribution in [3.05, 3.63) is 0 Å². The van der Waals surface area contributed by atoms with Gasteiger partial charge < -0.3 is 21.3 Å². The smallest absolute Gasteiger partial charge is 0.259 e. The third-order valence-corrected chi connectivity index (χ3v) is 5.80. The van der Waals surface area contributed by atoms with Gasteiger partial charge in [-0.2, -0.15) is 0 Å². The Labute approximate surface area is 226 Å². The van der Waals surface area contributed by atoms with Gasteiger partial charge in [0.05, 0.1) is 0 Å². The maximum Gasteiger partial charge on any atom is 0.259 e. The van der Waals surface area contributed by atoms with Crippen LogP contribution in [0.4, 0.5) is 0 Å². The van der Waals surface area contributed by atoms with E-state index in [9.17, 15) is 19.2 Å². The summed E-state index contributed by atoms with van der Waals surface area (Å²) in [6.07, 6.45) is 0. The van der Waals surface area contributed by atoms with Crippen molar-refractivity contribution in [2.75, 3.05) is 13.1 Å². The van der Waals surface area contributed by atoms with Crippen LogP contribution in [0.15, 0.2) is 0 Å². The molecule has 0 aromatic rings. The number of amides is 4. The number of alkyl halides is 5. The number of hydrogen-bond acceptors (Lipinski definition) is 4. The van der Waals surface area contributed by atoms with Gasteiger partial charge in [-0.1, -0.05) is 45.7 Å². The fraction of sp³-hybridized carbons (Fsp3) is 0.765. The van der Waals surface area contributed by atoms with Crippen LogP contribution < -0.4 is 21.3 Å². The average Bonchev–Trinajstić information content (AvgIpc) is 2.55. The van der Waals surface area contributed by atoms with E-state index in [1.807, 2.05) is 13.8 Å². The fourth-order valence-corrected chi connectivity index (χ4v) is 2.47. The van der Waals surface area contributed by atoms with Crippen molar-refractivity contribution in [2.45, 2.75) is 57.9 Å². The van der Waals surface area contributed by atoms with E-state index in [4.69, 9.17) is 7.85 Å². The Bertz CT molecular complexity index is 660. The molecule has 0 aliphatic rings. The van der Waals surface area contributed by atoms with Crippen LogP contribution in [0.3, 0.4) is 0 Å². The van der Waals surface area contributed by atoms with Crippen molar-refractivity contribution in [3.63, 3.8) is 0 Å². The lowest BCUT2D eigenvalue weighted by Gasteiger charge is -2.32. The van der Waals surface area contributed by atoms with E-state index in [0.29, 0.717) is 0 Å². The molecule has 0 aliphatic carbocycles. The van der Waals surface area contributed by atoms with Crippen molar-refractivity contribution in [3.8, 4) is 0 Å². The summed E-state index contributed by atoms with van der Waals surface area (Å²) < 4.78 is -2.66. The Morgan fingerprint density at radius 2 is 0.968 bits per heavy atom. The molecular formula is C17H26BBr5N4O4. The molecule has 0 rings (SSSR count). The topological polar surface area (TPSA) is 116 Å². The molecular weight excluding hydrogens is 735 g/mol. The zero-order valence-electron chi connectivity index (χ0n) is 18.0. The second-order valence-electron chi connectivity index (χ2n) is 8.81. The van der Waals surface area contributed by atoms with Crippen LogP contribution in [0, 0.1) is 5.41 Å². The summed E-state index contributed by atoms with van der Waals surface area (Å²) in [5, 5.41) is 10.7. The standard InChI is InChI=1S/C17H26BBr5N4O4/c1-13(2,7-24-9(28)14(3,4)26-11(30)16(18,19)20)8-25-10(29)15(5,6)27-12(31)17(21,22)23/h7-8H2,1-6H3,(H,24,28)(H,25,29)(H,26,30)(H,27,31). The van der Waals surface area contributed by atoms with Crippen LogP contribution in [0.5, 0.6) is 0 Å². The summed E-state index contributed by atoms with van der Waals surface area (Å²) in [4.78, 5) is 49.2. The minimum Gasteiger partial charge on any atom is -0.353 e. The molecule has 0 aromatic heterocycles. The molecule has 31 heavy (non-hydrogen) atoms. The number of carbonyl (C=O) groups excluding carboxylic acids is 4. The summed E-state index contributed by atoms with van der Waals surface area (Å²) in [5.41, 5.74) is -2.91. The Balaban J connectivity index is 4.84. The van der Waals surface area contributed by atoms with Crippen LogP contribution in [0.25, 0.3) is 0 Å². The highest BCUT2D eigenvalue weighted by Crippen LogP contribution is 2.34. The first kappa shape index (κ1) is 31.3. The Morgan fingerprint density at radius 3 is 1.26 bits per heavy atom. The van der Waals surface area contributed by atoms with Gasteiger partial charge in [-0.05, 0) is 80.9 Å². The molecule has 14 heteroatoms. The molecule has 0 fully saturated rings. The molecule has 4 N–H and O–H groups in total. The third-order valence-electron chi connectivity index (χ3n) is 4.00. The highest BCUT2D eigenvalue weighted by Gasteiger charge is 2.38. The Morgan fingerprint density at radius 1 is 0.645 bits per heavy atom.